The van der Waals surface area contributed by atoms with E-state index in [0.717, 1.165) is 43.1 Å². The van der Waals surface area contributed by atoms with Gasteiger partial charge in [0, 0.05) is 32.2 Å². The Labute approximate surface area is 210 Å². The number of methoxy groups -OCH3 is 1. The van der Waals surface area contributed by atoms with Crippen LogP contribution in [0.15, 0.2) is 42.5 Å². The van der Waals surface area contributed by atoms with E-state index in [9.17, 15) is 8.42 Å². The minimum atomic E-state index is -3.24. The lowest BCUT2D eigenvalue weighted by atomic mass is 9.93. The van der Waals surface area contributed by atoms with Gasteiger partial charge in [-0.15, -0.1) is 0 Å². The number of nitrogens with zero attached hydrogens (tertiary/aromatic N) is 2. The van der Waals surface area contributed by atoms with Gasteiger partial charge in [0.1, 0.15) is 5.75 Å². The van der Waals surface area contributed by atoms with Crippen LogP contribution < -0.4 is 14.2 Å². The quantitative estimate of drug-likeness (QED) is 0.415. The number of hydrogen-bond donors (Lipinski definition) is 0. The first-order valence-electron chi connectivity index (χ1n) is 12.7. The molecular formula is C27H38N2O5S. The molecule has 7 nitrogen and oxygen atoms in total. The zero-order valence-corrected chi connectivity index (χ0v) is 21.9. The van der Waals surface area contributed by atoms with Crippen molar-refractivity contribution in [3.8, 4) is 17.2 Å². The fourth-order valence-electron chi connectivity index (χ4n) is 5.08. The molecule has 2 heterocycles. The molecule has 0 saturated carbocycles. The first-order chi connectivity index (χ1) is 16.9. The Bertz CT molecular complexity index is 1070. The number of hydrogen-bond acceptors (Lipinski definition) is 6. The van der Waals surface area contributed by atoms with E-state index in [0.29, 0.717) is 32.0 Å². The Balaban J connectivity index is 1.54. The lowest BCUT2D eigenvalue weighted by Crippen LogP contribution is -2.40. The second-order valence-corrected chi connectivity index (χ2v) is 11.5. The zero-order chi connectivity index (χ0) is 24.8. The van der Waals surface area contributed by atoms with Crippen molar-refractivity contribution < 1.29 is 22.6 Å². The molecule has 2 aromatic carbocycles. The summed E-state index contributed by atoms with van der Waals surface area (Å²) in [5.41, 5.74) is 2.46. The number of unbranched alkanes of at least 4 members (excludes halogenated alkanes) is 1. The predicted molar refractivity (Wildman–Crippen MR) is 138 cm³/mol. The van der Waals surface area contributed by atoms with Crippen LogP contribution in [0.5, 0.6) is 17.2 Å². The minimum Gasteiger partial charge on any atom is -0.497 e. The van der Waals surface area contributed by atoms with Gasteiger partial charge < -0.3 is 14.2 Å². The van der Waals surface area contributed by atoms with Crippen molar-refractivity contribution in [3.05, 3.63) is 53.6 Å². The molecular weight excluding hydrogens is 464 g/mol. The lowest BCUT2D eigenvalue weighted by Gasteiger charge is -2.29. The lowest BCUT2D eigenvalue weighted by molar-refractivity contribution is 0.174. The Hall–Kier alpha value is -2.29. The van der Waals surface area contributed by atoms with Gasteiger partial charge in [0.05, 0.1) is 12.9 Å². The van der Waals surface area contributed by atoms with Crippen molar-refractivity contribution in [1.29, 1.82) is 0 Å². The van der Waals surface area contributed by atoms with Gasteiger partial charge in [-0.05, 0) is 60.6 Å². The summed E-state index contributed by atoms with van der Waals surface area (Å²) in [6, 6.07) is 14.7. The van der Waals surface area contributed by atoms with Gasteiger partial charge in [0.25, 0.3) is 0 Å². The van der Waals surface area contributed by atoms with E-state index >= 15 is 0 Å². The summed E-state index contributed by atoms with van der Waals surface area (Å²) in [6.07, 6.45) is 3.45. The number of rotatable bonds is 12. The number of likely N-dealkylation sites (tertiary alicyclic amines) is 1. The third-order valence-electron chi connectivity index (χ3n) is 7.03. The van der Waals surface area contributed by atoms with Gasteiger partial charge in [-0.2, -0.15) is 0 Å². The molecule has 4 rings (SSSR count). The Kier molecular flexibility index (Phi) is 8.57. The largest absolute Gasteiger partial charge is 0.497 e. The zero-order valence-electron chi connectivity index (χ0n) is 21.1. The molecule has 0 unspecified atom stereocenters. The van der Waals surface area contributed by atoms with E-state index in [2.05, 4.69) is 36.1 Å². The van der Waals surface area contributed by atoms with Crippen LogP contribution in [0.25, 0.3) is 0 Å². The maximum absolute atomic E-state index is 12.9. The maximum Gasteiger partial charge on any atom is 0.231 e. The van der Waals surface area contributed by atoms with E-state index in [-0.39, 0.29) is 18.6 Å². The van der Waals surface area contributed by atoms with E-state index in [1.165, 1.54) is 11.1 Å². The van der Waals surface area contributed by atoms with Gasteiger partial charge in [-0.3, -0.25) is 4.90 Å². The molecule has 0 bridgehead atoms. The number of benzene rings is 2. The normalized spacial score (nSPS) is 20.0. The molecule has 1 fully saturated rings. The molecule has 35 heavy (non-hydrogen) atoms. The average molecular weight is 503 g/mol. The Morgan fingerprint density at radius 1 is 1.00 bits per heavy atom. The van der Waals surface area contributed by atoms with E-state index in [1.54, 1.807) is 11.4 Å². The average Bonchev–Trinajstić information content (AvgIpc) is 3.50. The predicted octanol–water partition coefficient (Wildman–Crippen LogP) is 4.80. The molecule has 0 spiro atoms. The highest BCUT2D eigenvalue weighted by atomic mass is 32.2. The highest BCUT2D eigenvalue weighted by Crippen LogP contribution is 2.43. The van der Waals surface area contributed by atoms with Crippen molar-refractivity contribution in [2.24, 2.45) is 0 Å². The number of sulfonamides is 1. The molecule has 8 heteroatoms. The summed E-state index contributed by atoms with van der Waals surface area (Å²) >= 11 is 0. The summed E-state index contributed by atoms with van der Waals surface area (Å²) in [4.78, 5) is 2.44. The van der Waals surface area contributed by atoms with E-state index in [4.69, 9.17) is 14.2 Å². The Morgan fingerprint density at radius 2 is 1.74 bits per heavy atom. The Morgan fingerprint density at radius 3 is 2.46 bits per heavy atom. The molecule has 0 amide bonds. The van der Waals surface area contributed by atoms with Gasteiger partial charge in [0.15, 0.2) is 11.5 Å². The summed E-state index contributed by atoms with van der Waals surface area (Å²) in [6.45, 7) is 6.96. The highest BCUT2D eigenvalue weighted by Gasteiger charge is 2.35. The van der Waals surface area contributed by atoms with Gasteiger partial charge in [-0.1, -0.05) is 38.5 Å². The second kappa shape index (κ2) is 11.6. The molecule has 0 N–H and O–H groups in total. The first-order valence-corrected chi connectivity index (χ1v) is 14.3. The second-order valence-electron chi connectivity index (χ2n) is 9.40. The van der Waals surface area contributed by atoms with Crippen molar-refractivity contribution in [3.63, 3.8) is 0 Å². The smallest absolute Gasteiger partial charge is 0.231 e. The minimum absolute atomic E-state index is 0.207. The van der Waals surface area contributed by atoms with Crippen molar-refractivity contribution in [2.45, 2.75) is 51.5 Å². The number of ether oxygens (including phenoxy) is 3. The van der Waals surface area contributed by atoms with Crippen LogP contribution in [0.4, 0.5) is 0 Å². The molecule has 2 aliphatic rings. The SMILES string of the molecule is CCCCN(CCN1C[C@@H](c2ccc3c(c2)OCO3)C[C@@H]1c1ccc(OC)cc1)S(=O)(=O)CCC. The van der Waals surface area contributed by atoms with Crippen molar-refractivity contribution in [2.75, 3.05) is 45.8 Å². The fourth-order valence-corrected chi connectivity index (χ4v) is 6.62. The van der Waals surface area contributed by atoms with E-state index < -0.39 is 10.0 Å². The monoisotopic (exact) mass is 502 g/mol. The summed E-state index contributed by atoms with van der Waals surface area (Å²) in [7, 11) is -1.57. The third-order valence-corrected chi connectivity index (χ3v) is 9.10. The maximum atomic E-state index is 12.9. The van der Waals surface area contributed by atoms with Crippen LogP contribution in [0.3, 0.4) is 0 Å². The molecule has 192 valence electrons. The topological polar surface area (TPSA) is 68.3 Å². The molecule has 2 aliphatic heterocycles. The van der Waals surface area contributed by atoms with Gasteiger partial charge >= 0.3 is 0 Å². The standard InChI is InChI=1S/C27H38N2O5S/c1-4-6-13-29(35(30,31)16-5-2)15-14-28-19-23(22-9-12-26-27(18-22)34-20-33-26)17-25(28)21-7-10-24(32-3)11-8-21/h7-12,18,23,25H,4-6,13-17,19-20H2,1-3H3/t23-,25+/m0/s1. The highest BCUT2D eigenvalue weighted by molar-refractivity contribution is 7.89. The van der Waals surface area contributed by atoms with Crippen LogP contribution in [0.2, 0.25) is 0 Å². The summed E-state index contributed by atoms with van der Waals surface area (Å²) in [5.74, 6) is 2.97. The van der Waals surface area contributed by atoms with Gasteiger partial charge in [-0.25, -0.2) is 12.7 Å². The van der Waals surface area contributed by atoms with Crippen LogP contribution in [0.1, 0.15) is 62.6 Å². The third kappa shape index (κ3) is 6.11. The molecule has 0 aliphatic carbocycles. The van der Waals surface area contributed by atoms with Crippen LogP contribution in [-0.2, 0) is 10.0 Å². The first kappa shape index (κ1) is 25.8. The molecule has 2 atom stereocenters. The molecule has 0 aromatic heterocycles. The van der Waals surface area contributed by atoms with E-state index in [1.807, 2.05) is 25.1 Å². The van der Waals surface area contributed by atoms with Crippen molar-refractivity contribution in [1.82, 2.24) is 9.21 Å². The van der Waals surface area contributed by atoms with Gasteiger partial charge in [0.2, 0.25) is 16.8 Å². The summed E-state index contributed by atoms with van der Waals surface area (Å²) < 4.78 is 44.0. The molecule has 0 radical (unpaired) electrons. The molecule has 2 aromatic rings. The molecule has 1 saturated heterocycles. The fraction of sp³-hybridized carbons (Fsp3) is 0.556. The van der Waals surface area contributed by atoms with Crippen LogP contribution in [-0.4, -0.2) is 63.5 Å². The number of fused-ring (bicyclic) bond motifs is 1. The van der Waals surface area contributed by atoms with Crippen molar-refractivity contribution >= 4 is 10.0 Å². The van der Waals surface area contributed by atoms with Crippen LogP contribution in [0, 0.1) is 0 Å². The van der Waals surface area contributed by atoms with Crippen LogP contribution >= 0.6 is 0 Å². The summed E-state index contributed by atoms with van der Waals surface area (Å²) in [5, 5.41) is 0.